The highest BCUT2D eigenvalue weighted by Crippen LogP contribution is 2.43. The molecule has 8 nitrogen and oxygen atoms in total. The van der Waals surface area contributed by atoms with Crippen molar-refractivity contribution < 1.29 is 9.59 Å². The van der Waals surface area contributed by atoms with Gasteiger partial charge in [0.05, 0.1) is 6.07 Å². The van der Waals surface area contributed by atoms with E-state index in [0.717, 1.165) is 37.9 Å². The number of carbonyl (C=O) groups excluding carboxylic acids is 2. The van der Waals surface area contributed by atoms with Crippen molar-refractivity contribution in [2.75, 3.05) is 13.1 Å². The topological polar surface area (TPSA) is 104 Å². The molecule has 0 aromatic carbocycles. The molecule has 3 heterocycles. The van der Waals surface area contributed by atoms with Gasteiger partial charge in [-0.15, -0.1) is 10.2 Å². The molecule has 1 N–H and O–H groups in total. The monoisotopic (exact) mass is 368 g/mol. The van der Waals surface area contributed by atoms with E-state index < -0.39 is 5.41 Å². The summed E-state index contributed by atoms with van der Waals surface area (Å²) < 4.78 is 1.93. The van der Waals surface area contributed by atoms with E-state index in [1.54, 1.807) is 0 Å². The molecule has 0 spiro atoms. The highest BCUT2D eigenvalue weighted by Gasteiger charge is 2.49. The van der Waals surface area contributed by atoms with Crippen LogP contribution in [-0.4, -0.2) is 50.6 Å². The van der Waals surface area contributed by atoms with E-state index in [-0.39, 0.29) is 23.8 Å². The van der Waals surface area contributed by atoms with Crippen LogP contribution in [0.5, 0.6) is 0 Å². The average Bonchev–Trinajstić information content (AvgIpc) is 3.10. The average molecular weight is 368 g/mol. The molecule has 0 bridgehead atoms. The van der Waals surface area contributed by atoms with Gasteiger partial charge in [0.25, 0.3) is 5.91 Å². The summed E-state index contributed by atoms with van der Waals surface area (Å²) in [5, 5.41) is 21.1. The fourth-order valence-corrected chi connectivity index (χ4v) is 5.03. The van der Waals surface area contributed by atoms with Crippen molar-refractivity contribution in [2.24, 2.45) is 11.3 Å². The molecule has 4 aliphatic rings. The minimum atomic E-state index is -0.823. The number of hydrogen-bond acceptors (Lipinski definition) is 5. The van der Waals surface area contributed by atoms with E-state index >= 15 is 0 Å². The summed E-state index contributed by atoms with van der Waals surface area (Å²) in [6, 6.07) is 2.61. The second-order valence-electron chi connectivity index (χ2n) is 8.55. The number of nitrogens with one attached hydrogen (secondary N) is 1. The van der Waals surface area contributed by atoms with Gasteiger partial charge in [0.15, 0.2) is 0 Å². The Morgan fingerprint density at radius 1 is 1.15 bits per heavy atom. The predicted molar refractivity (Wildman–Crippen MR) is 94.5 cm³/mol. The number of nitriles is 1. The molecule has 1 aromatic heterocycles. The normalized spacial score (nSPS) is 28.3. The second-order valence-corrected chi connectivity index (χ2v) is 8.55. The zero-order valence-corrected chi connectivity index (χ0v) is 15.4. The van der Waals surface area contributed by atoms with Crippen LogP contribution < -0.4 is 5.32 Å². The van der Waals surface area contributed by atoms with Gasteiger partial charge in [-0.3, -0.25) is 9.59 Å². The lowest BCUT2D eigenvalue weighted by Gasteiger charge is -2.26. The second kappa shape index (κ2) is 6.04. The smallest absolute Gasteiger partial charge is 0.289 e. The molecule has 2 aliphatic heterocycles. The molecule has 2 aliphatic carbocycles. The molecular formula is C19H24N6O2. The van der Waals surface area contributed by atoms with Crippen LogP contribution in [0.4, 0.5) is 0 Å². The first kappa shape index (κ1) is 16.7. The molecule has 5 rings (SSSR count). The third-order valence-electron chi connectivity index (χ3n) is 6.76. The van der Waals surface area contributed by atoms with Crippen LogP contribution >= 0.6 is 0 Å². The van der Waals surface area contributed by atoms with Crippen molar-refractivity contribution >= 4 is 11.8 Å². The van der Waals surface area contributed by atoms with Crippen LogP contribution in [0.25, 0.3) is 0 Å². The summed E-state index contributed by atoms with van der Waals surface area (Å²) >= 11 is 0. The zero-order valence-electron chi connectivity index (χ0n) is 15.4. The van der Waals surface area contributed by atoms with Gasteiger partial charge >= 0.3 is 0 Å². The number of carbonyl (C=O) groups is 2. The van der Waals surface area contributed by atoms with E-state index in [1.807, 2.05) is 9.47 Å². The van der Waals surface area contributed by atoms with Crippen LogP contribution in [0.1, 0.15) is 67.3 Å². The molecule has 0 unspecified atom stereocenters. The Kier molecular flexibility index (Phi) is 3.74. The Morgan fingerprint density at radius 3 is 2.63 bits per heavy atom. The summed E-state index contributed by atoms with van der Waals surface area (Å²) in [6.07, 6.45) is 6.24. The summed E-state index contributed by atoms with van der Waals surface area (Å²) in [6.45, 7) is 1.97. The summed E-state index contributed by atoms with van der Waals surface area (Å²) in [4.78, 5) is 27.4. The number of aromatic nitrogens is 3. The first-order valence-corrected chi connectivity index (χ1v) is 10.1. The largest absolute Gasteiger partial charge is 0.347 e. The van der Waals surface area contributed by atoms with Crippen LogP contribution in [0, 0.1) is 22.7 Å². The lowest BCUT2D eigenvalue weighted by molar-refractivity contribution is -0.137. The van der Waals surface area contributed by atoms with Crippen molar-refractivity contribution in [2.45, 2.75) is 63.5 Å². The Balaban J connectivity index is 1.36. The van der Waals surface area contributed by atoms with E-state index in [9.17, 15) is 14.9 Å². The third-order valence-corrected chi connectivity index (χ3v) is 6.76. The maximum absolute atomic E-state index is 13.1. The predicted octanol–water partition coefficient (Wildman–Crippen LogP) is 1.20. The Bertz CT molecular complexity index is 830. The number of fused-ring (bicyclic) bond motifs is 3. The number of rotatable bonds is 3. The number of amides is 2. The molecule has 2 saturated carbocycles. The van der Waals surface area contributed by atoms with Crippen molar-refractivity contribution in [1.82, 2.24) is 25.0 Å². The highest BCUT2D eigenvalue weighted by molar-refractivity contribution is 5.91. The number of likely N-dealkylation sites (tertiary alicyclic amines) is 1. The van der Waals surface area contributed by atoms with E-state index in [0.29, 0.717) is 44.2 Å². The lowest BCUT2D eigenvalue weighted by atomic mass is 9.86. The first-order valence-electron chi connectivity index (χ1n) is 10.1. The molecule has 27 heavy (non-hydrogen) atoms. The lowest BCUT2D eigenvalue weighted by Crippen LogP contribution is -2.40. The quantitative estimate of drug-likeness (QED) is 0.863. The number of hydrogen-bond donors (Lipinski definition) is 1. The first-order chi connectivity index (χ1) is 13.1. The van der Waals surface area contributed by atoms with Crippen molar-refractivity contribution in [3.05, 3.63) is 11.6 Å². The Hall–Kier alpha value is -2.43. The molecule has 2 atom stereocenters. The molecule has 1 saturated heterocycles. The maximum atomic E-state index is 13.1. The fraction of sp³-hybridized carbons (Fsp3) is 0.737. The standard InChI is InChI=1S/C19H24N6O2/c20-11-19(6-1-2-7-19)18(27)24-9-12-5-8-25-15(14(12)10-24)22-23-16(25)17(26)21-13-3-4-13/h12-14H,1-10H2,(H,21,26)/t12-,14-/m1/s1. The Morgan fingerprint density at radius 2 is 1.93 bits per heavy atom. The van der Waals surface area contributed by atoms with E-state index in [2.05, 4.69) is 21.6 Å². The molecule has 8 heteroatoms. The van der Waals surface area contributed by atoms with Crippen LogP contribution in [0.2, 0.25) is 0 Å². The van der Waals surface area contributed by atoms with Gasteiger partial charge in [0.1, 0.15) is 11.2 Å². The van der Waals surface area contributed by atoms with Gasteiger partial charge in [-0.25, -0.2) is 0 Å². The molecule has 0 radical (unpaired) electrons. The Labute approximate surface area is 157 Å². The van der Waals surface area contributed by atoms with Gasteiger partial charge < -0.3 is 14.8 Å². The van der Waals surface area contributed by atoms with Crippen molar-refractivity contribution in [1.29, 1.82) is 5.26 Å². The van der Waals surface area contributed by atoms with E-state index in [4.69, 9.17) is 0 Å². The summed E-state index contributed by atoms with van der Waals surface area (Å²) in [5.41, 5.74) is -0.823. The molecule has 142 valence electrons. The van der Waals surface area contributed by atoms with E-state index in [1.165, 1.54) is 0 Å². The van der Waals surface area contributed by atoms with Gasteiger partial charge in [-0.1, -0.05) is 12.8 Å². The summed E-state index contributed by atoms with van der Waals surface area (Å²) in [7, 11) is 0. The van der Waals surface area contributed by atoms with Gasteiger partial charge in [0, 0.05) is 31.6 Å². The molecule has 1 aromatic rings. The minimum Gasteiger partial charge on any atom is -0.347 e. The maximum Gasteiger partial charge on any atom is 0.289 e. The summed E-state index contributed by atoms with van der Waals surface area (Å²) in [5.74, 6) is 1.51. The van der Waals surface area contributed by atoms with Gasteiger partial charge in [0.2, 0.25) is 11.7 Å². The van der Waals surface area contributed by atoms with Crippen molar-refractivity contribution in [3.63, 3.8) is 0 Å². The molecular weight excluding hydrogens is 344 g/mol. The highest BCUT2D eigenvalue weighted by atomic mass is 16.2. The van der Waals surface area contributed by atoms with Crippen LogP contribution in [-0.2, 0) is 11.3 Å². The SMILES string of the molecule is N#CC1(C(=O)N2C[C@H]3CCn4c(C(=O)NC5CC5)nnc4[C@@H]3C2)CCCC1. The van der Waals surface area contributed by atoms with Crippen molar-refractivity contribution in [3.8, 4) is 6.07 Å². The van der Waals surface area contributed by atoms with Gasteiger partial charge in [-0.2, -0.15) is 5.26 Å². The third kappa shape index (κ3) is 2.63. The van der Waals surface area contributed by atoms with Gasteiger partial charge in [-0.05, 0) is 38.0 Å². The molecule has 2 amide bonds. The minimum absolute atomic E-state index is 0.00494. The van der Waals surface area contributed by atoms with Crippen LogP contribution in [0.15, 0.2) is 0 Å². The van der Waals surface area contributed by atoms with Crippen LogP contribution in [0.3, 0.4) is 0 Å². The zero-order chi connectivity index (χ0) is 18.6. The molecule has 3 fully saturated rings. The number of nitrogens with zero attached hydrogens (tertiary/aromatic N) is 5. The fourth-order valence-electron chi connectivity index (χ4n) is 5.03.